The molecule has 3 heteroatoms. The summed E-state index contributed by atoms with van der Waals surface area (Å²) < 4.78 is 0. The lowest BCUT2D eigenvalue weighted by atomic mass is 10.3. The number of aliphatic imine (C=N–C) groups is 2. The maximum atomic E-state index is 4.42. The van der Waals surface area contributed by atoms with Gasteiger partial charge < -0.3 is 0 Å². The van der Waals surface area contributed by atoms with E-state index >= 15 is 0 Å². The van der Waals surface area contributed by atoms with E-state index in [-0.39, 0.29) is 0 Å². The summed E-state index contributed by atoms with van der Waals surface area (Å²) in [5, 5.41) is 0. The number of aromatic nitrogens is 1. The van der Waals surface area contributed by atoms with E-state index in [1.165, 1.54) is 0 Å². The number of pyridine rings is 1. The summed E-state index contributed by atoms with van der Waals surface area (Å²) in [6.45, 7) is 8.17. The molecule has 0 bridgehead atoms. The first-order valence-corrected chi connectivity index (χ1v) is 5.61. The van der Waals surface area contributed by atoms with E-state index in [1.807, 2.05) is 45.9 Å². The molecule has 0 amide bonds. The highest BCUT2D eigenvalue weighted by Crippen LogP contribution is 1.97. The van der Waals surface area contributed by atoms with Crippen molar-refractivity contribution in [3.8, 4) is 0 Å². The van der Waals surface area contributed by atoms with Gasteiger partial charge in [-0.1, -0.05) is 6.07 Å². The first-order chi connectivity index (χ1) is 7.58. The Morgan fingerprint density at radius 3 is 1.75 bits per heavy atom. The Morgan fingerprint density at radius 2 is 1.38 bits per heavy atom. The van der Waals surface area contributed by atoms with E-state index in [4.69, 9.17) is 0 Å². The van der Waals surface area contributed by atoms with Crippen LogP contribution < -0.4 is 0 Å². The average Bonchev–Trinajstić information content (AvgIpc) is 2.24. The fourth-order valence-electron chi connectivity index (χ4n) is 1.06. The van der Waals surface area contributed by atoms with Crippen molar-refractivity contribution in [1.29, 1.82) is 0 Å². The minimum atomic E-state index is 0.301. The SMILES string of the molecule is CC(C)/N=C/c1cccc(/C=N/C(C)C)n1. The number of hydrogen-bond donors (Lipinski definition) is 0. The second-order valence-corrected chi connectivity index (χ2v) is 4.23. The van der Waals surface area contributed by atoms with Crippen LogP contribution in [0.2, 0.25) is 0 Å². The van der Waals surface area contributed by atoms with Crippen molar-refractivity contribution < 1.29 is 0 Å². The van der Waals surface area contributed by atoms with Crippen molar-refractivity contribution in [2.45, 2.75) is 39.8 Å². The molecule has 0 N–H and O–H groups in total. The zero-order valence-corrected chi connectivity index (χ0v) is 10.4. The summed E-state index contributed by atoms with van der Waals surface area (Å²) in [6, 6.07) is 6.46. The predicted molar refractivity (Wildman–Crippen MR) is 69.7 cm³/mol. The van der Waals surface area contributed by atoms with Gasteiger partial charge in [-0.15, -0.1) is 0 Å². The Morgan fingerprint density at radius 1 is 0.938 bits per heavy atom. The topological polar surface area (TPSA) is 37.6 Å². The summed E-state index contributed by atoms with van der Waals surface area (Å²) in [5.74, 6) is 0. The van der Waals surface area contributed by atoms with Crippen LogP contribution in [-0.4, -0.2) is 29.5 Å². The lowest BCUT2D eigenvalue weighted by Gasteiger charge is -1.98. The molecule has 0 spiro atoms. The van der Waals surface area contributed by atoms with Crippen molar-refractivity contribution in [3.05, 3.63) is 29.6 Å². The van der Waals surface area contributed by atoms with Crippen LogP contribution in [0, 0.1) is 0 Å². The van der Waals surface area contributed by atoms with Gasteiger partial charge in [-0.2, -0.15) is 0 Å². The minimum absolute atomic E-state index is 0.301. The largest absolute Gasteiger partial charge is 0.288 e. The van der Waals surface area contributed by atoms with Crippen molar-refractivity contribution in [3.63, 3.8) is 0 Å². The number of hydrogen-bond acceptors (Lipinski definition) is 3. The second kappa shape index (κ2) is 6.16. The third-order valence-electron chi connectivity index (χ3n) is 1.80. The summed E-state index contributed by atoms with van der Waals surface area (Å²) in [5.41, 5.74) is 1.75. The molecule has 0 aliphatic heterocycles. The third kappa shape index (κ3) is 4.82. The predicted octanol–water partition coefficient (Wildman–Crippen LogP) is 2.74. The van der Waals surface area contributed by atoms with Gasteiger partial charge in [0.05, 0.1) is 11.4 Å². The molecule has 0 aliphatic rings. The molecule has 1 aromatic rings. The zero-order chi connectivity index (χ0) is 12.0. The molecule has 0 radical (unpaired) electrons. The van der Waals surface area contributed by atoms with Crippen LogP contribution in [0.5, 0.6) is 0 Å². The van der Waals surface area contributed by atoms with Crippen LogP contribution in [0.25, 0.3) is 0 Å². The molecule has 0 fully saturated rings. The maximum Gasteiger partial charge on any atom is 0.0815 e. The Kier molecular flexibility index (Phi) is 4.83. The van der Waals surface area contributed by atoms with Crippen LogP contribution in [0.15, 0.2) is 28.2 Å². The molecule has 1 rings (SSSR count). The summed E-state index contributed by atoms with van der Waals surface area (Å²) in [7, 11) is 0. The molecule has 0 saturated heterocycles. The third-order valence-corrected chi connectivity index (χ3v) is 1.80. The lowest BCUT2D eigenvalue weighted by molar-refractivity contribution is 0.839. The molecule has 0 aromatic carbocycles. The molecule has 0 saturated carbocycles. The van der Waals surface area contributed by atoms with Gasteiger partial charge in [0.25, 0.3) is 0 Å². The molecular formula is C13H19N3. The highest BCUT2D eigenvalue weighted by Gasteiger charge is 1.94. The van der Waals surface area contributed by atoms with E-state index in [0.29, 0.717) is 12.1 Å². The fourth-order valence-corrected chi connectivity index (χ4v) is 1.06. The number of rotatable bonds is 4. The summed E-state index contributed by atoms with van der Waals surface area (Å²) in [6.07, 6.45) is 3.61. The van der Waals surface area contributed by atoms with Crippen LogP contribution in [0.4, 0.5) is 0 Å². The highest BCUT2D eigenvalue weighted by atomic mass is 14.8. The van der Waals surface area contributed by atoms with Gasteiger partial charge in [0.1, 0.15) is 0 Å². The first kappa shape index (κ1) is 12.6. The van der Waals surface area contributed by atoms with E-state index < -0.39 is 0 Å². The Balaban J connectivity index is 2.79. The van der Waals surface area contributed by atoms with Gasteiger partial charge in [-0.25, -0.2) is 4.98 Å². The second-order valence-electron chi connectivity index (χ2n) is 4.23. The molecule has 1 heterocycles. The quantitative estimate of drug-likeness (QED) is 0.714. The maximum absolute atomic E-state index is 4.42. The van der Waals surface area contributed by atoms with Gasteiger partial charge in [0, 0.05) is 24.5 Å². The van der Waals surface area contributed by atoms with E-state index in [1.54, 1.807) is 12.4 Å². The van der Waals surface area contributed by atoms with Gasteiger partial charge in [0.15, 0.2) is 0 Å². The summed E-state index contributed by atoms with van der Waals surface area (Å²) in [4.78, 5) is 13.0. The van der Waals surface area contributed by atoms with Gasteiger partial charge in [-0.3, -0.25) is 9.98 Å². The van der Waals surface area contributed by atoms with Crippen molar-refractivity contribution in [2.75, 3.05) is 0 Å². The number of nitrogens with zero attached hydrogens (tertiary/aromatic N) is 3. The van der Waals surface area contributed by atoms with Crippen LogP contribution in [0.1, 0.15) is 39.1 Å². The van der Waals surface area contributed by atoms with Crippen molar-refractivity contribution in [1.82, 2.24) is 4.98 Å². The normalized spacial score (nSPS) is 12.4. The van der Waals surface area contributed by atoms with E-state index in [0.717, 1.165) is 11.4 Å². The van der Waals surface area contributed by atoms with Crippen molar-refractivity contribution >= 4 is 12.4 Å². The smallest absolute Gasteiger partial charge is 0.0815 e. The van der Waals surface area contributed by atoms with Crippen LogP contribution >= 0.6 is 0 Å². The molecule has 0 atom stereocenters. The Labute approximate surface area is 97.4 Å². The van der Waals surface area contributed by atoms with Gasteiger partial charge >= 0.3 is 0 Å². The standard InChI is InChI=1S/C13H19N3/c1-10(2)14-8-12-6-5-7-13(16-12)9-15-11(3)4/h5-11H,1-4H3/b14-8+,15-9+. The molecule has 86 valence electrons. The zero-order valence-electron chi connectivity index (χ0n) is 10.4. The molecule has 0 aliphatic carbocycles. The van der Waals surface area contributed by atoms with Gasteiger partial charge in [-0.05, 0) is 39.8 Å². The Hall–Kier alpha value is -1.51. The molecule has 1 aromatic heterocycles. The Bertz CT molecular complexity index is 345. The fraction of sp³-hybridized carbons (Fsp3) is 0.462. The average molecular weight is 217 g/mol. The van der Waals surface area contributed by atoms with Crippen molar-refractivity contribution in [2.24, 2.45) is 9.98 Å². The minimum Gasteiger partial charge on any atom is -0.288 e. The highest BCUT2D eigenvalue weighted by molar-refractivity contribution is 5.81. The molecule has 3 nitrogen and oxygen atoms in total. The lowest BCUT2D eigenvalue weighted by Crippen LogP contribution is -1.97. The monoisotopic (exact) mass is 217 g/mol. The molecular weight excluding hydrogens is 198 g/mol. The van der Waals surface area contributed by atoms with E-state index in [2.05, 4.69) is 15.0 Å². The van der Waals surface area contributed by atoms with E-state index in [9.17, 15) is 0 Å². The molecule has 16 heavy (non-hydrogen) atoms. The van der Waals surface area contributed by atoms with Crippen LogP contribution in [-0.2, 0) is 0 Å². The van der Waals surface area contributed by atoms with Crippen LogP contribution in [0.3, 0.4) is 0 Å². The van der Waals surface area contributed by atoms with Gasteiger partial charge in [0.2, 0.25) is 0 Å². The molecule has 0 unspecified atom stereocenters. The first-order valence-electron chi connectivity index (χ1n) is 5.61. The summed E-state index contributed by atoms with van der Waals surface area (Å²) >= 11 is 0.